The lowest BCUT2D eigenvalue weighted by molar-refractivity contribution is -0.385. The number of nitrogens with zero attached hydrogens (tertiary/aromatic N) is 3. The number of benzene rings is 3. The highest BCUT2D eigenvalue weighted by Gasteiger charge is 2.29. The number of rotatable bonds is 9. The van der Waals surface area contributed by atoms with Crippen LogP contribution in [0.3, 0.4) is 0 Å². The van der Waals surface area contributed by atoms with E-state index in [-0.39, 0.29) is 16.3 Å². The van der Waals surface area contributed by atoms with Gasteiger partial charge in [0.1, 0.15) is 12.3 Å². The number of carbonyl (C=O) groups excluding carboxylic acids is 1. The lowest BCUT2D eigenvalue weighted by Gasteiger charge is -2.24. The van der Waals surface area contributed by atoms with Crippen molar-refractivity contribution in [3.63, 3.8) is 0 Å². The number of nitro groups is 1. The van der Waals surface area contributed by atoms with Gasteiger partial charge in [0.15, 0.2) is 0 Å². The summed E-state index contributed by atoms with van der Waals surface area (Å²) >= 11 is 0. The third-order valence-electron chi connectivity index (χ3n) is 5.09. The largest absolute Gasteiger partial charge is 0.497 e. The second-order valence-electron chi connectivity index (χ2n) is 7.62. The molecule has 0 saturated heterocycles. The fraction of sp³-hybridized carbons (Fsp3) is 0.167. The number of sulfonamides is 1. The van der Waals surface area contributed by atoms with Gasteiger partial charge in [-0.3, -0.25) is 19.2 Å². The fourth-order valence-electron chi connectivity index (χ4n) is 3.13. The quantitative estimate of drug-likeness (QED) is 0.274. The maximum absolute atomic E-state index is 13.5. The number of hydrogen-bond acceptors (Lipinski definition) is 7. The number of aryl methyl sites for hydroxylation is 2. The first-order valence-corrected chi connectivity index (χ1v) is 11.9. The summed E-state index contributed by atoms with van der Waals surface area (Å²) < 4.78 is 33.0. The van der Waals surface area contributed by atoms with Crippen molar-refractivity contribution in [2.24, 2.45) is 5.10 Å². The summed E-state index contributed by atoms with van der Waals surface area (Å²) in [6.07, 6.45) is 1.44. The number of anilines is 1. The molecular formula is C24H24N4O6S. The lowest BCUT2D eigenvalue weighted by atomic mass is 10.2. The molecule has 0 atom stereocenters. The van der Waals surface area contributed by atoms with Crippen LogP contribution in [0.1, 0.15) is 16.7 Å². The number of amides is 1. The van der Waals surface area contributed by atoms with Gasteiger partial charge in [0.05, 0.1) is 28.8 Å². The molecule has 11 heteroatoms. The average Bonchev–Trinajstić information content (AvgIpc) is 2.83. The summed E-state index contributed by atoms with van der Waals surface area (Å²) in [6.45, 7) is 2.84. The van der Waals surface area contributed by atoms with Crippen molar-refractivity contribution in [2.45, 2.75) is 18.7 Å². The second-order valence-corrected chi connectivity index (χ2v) is 9.48. The van der Waals surface area contributed by atoms with Gasteiger partial charge in [0.2, 0.25) is 0 Å². The molecule has 0 saturated carbocycles. The molecule has 0 heterocycles. The van der Waals surface area contributed by atoms with Gasteiger partial charge in [-0.1, -0.05) is 35.9 Å². The van der Waals surface area contributed by atoms with Gasteiger partial charge < -0.3 is 4.74 Å². The zero-order valence-electron chi connectivity index (χ0n) is 19.3. The molecule has 182 valence electrons. The minimum atomic E-state index is -4.35. The predicted molar refractivity (Wildman–Crippen MR) is 132 cm³/mol. The van der Waals surface area contributed by atoms with E-state index < -0.39 is 27.4 Å². The van der Waals surface area contributed by atoms with Crippen LogP contribution < -0.4 is 14.5 Å². The molecule has 0 fully saturated rings. The van der Waals surface area contributed by atoms with Crippen molar-refractivity contribution >= 4 is 33.5 Å². The molecule has 0 spiro atoms. The lowest BCUT2D eigenvalue weighted by Crippen LogP contribution is -2.39. The minimum Gasteiger partial charge on any atom is -0.497 e. The van der Waals surface area contributed by atoms with Gasteiger partial charge in [-0.05, 0) is 49.7 Å². The van der Waals surface area contributed by atoms with Gasteiger partial charge in [0, 0.05) is 11.6 Å². The van der Waals surface area contributed by atoms with E-state index in [1.165, 1.54) is 44.5 Å². The number of ether oxygens (including phenoxy) is 1. The van der Waals surface area contributed by atoms with Gasteiger partial charge >= 0.3 is 0 Å². The van der Waals surface area contributed by atoms with E-state index in [1.807, 2.05) is 31.2 Å². The molecule has 0 unspecified atom stereocenters. The van der Waals surface area contributed by atoms with Gasteiger partial charge in [-0.25, -0.2) is 13.8 Å². The first kappa shape index (κ1) is 25.4. The Morgan fingerprint density at radius 3 is 2.34 bits per heavy atom. The summed E-state index contributed by atoms with van der Waals surface area (Å²) in [5, 5.41) is 15.2. The number of carbonyl (C=O) groups is 1. The zero-order valence-corrected chi connectivity index (χ0v) is 20.2. The normalized spacial score (nSPS) is 11.3. The van der Waals surface area contributed by atoms with E-state index in [2.05, 4.69) is 10.5 Å². The summed E-state index contributed by atoms with van der Waals surface area (Å²) in [4.78, 5) is 23.0. The molecule has 10 nitrogen and oxygen atoms in total. The first-order chi connectivity index (χ1) is 16.6. The Hall–Kier alpha value is -4.25. The smallest absolute Gasteiger partial charge is 0.273 e. The molecule has 1 N–H and O–H groups in total. The third kappa shape index (κ3) is 6.21. The van der Waals surface area contributed by atoms with E-state index in [4.69, 9.17) is 4.74 Å². The Morgan fingerprint density at radius 2 is 1.74 bits per heavy atom. The molecule has 3 aromatic carbocycles. The average molecular weight is 497 g/mol. The molecule has 0 aliphatic carbocycles. The molecule has 1 amide bonds. The molecule has 0 aliphatic heterocycles. The van der Waals surface area contributed by atoms with Crippen LogP contribution in [-0.4, -0.2) is 39.1 Å². The van der Waals surface area contributed by atoms with Crippen LogP contribution in [0.5, 0.6) is 5.75 Å². The monoisotopic (exact) mass is 496 g/mol. The Kier molecular flexibility index (Phi) is 7.82. The Morgan fingerprint density at radius 1 is 1.09 bits per heavy atom. The highest BCUT2D eigenvalue weighted by Crippen LogP contribution is 2.29. The maximum atomic E-state index is 13.5. The number of hydrazone groups is 1. The molecule has 0 aliphatic rings. The van der Waals surface area contributed by atoms with E-state index in [1.54, 1.807) is 12.1 Å². The van der Waals surface area contributed by atoms with Crippen LogP contribution in [0.15, 0.2) is 76.7 Å². The topological polar surface area (TPSA) is 131 Å². The van der Waals surface area contributed by atoms with Crippen LogP contribution in [0.4, 0.5) is 11.4 Å². The Balaban J connectivity index is 1.91. The number of nitro benzene ring substituents is 1. The third-order valence-corrected chi connectivity index (χ3v) is 6.86. The summed E-state index contributed by atoms with van der Waals surface area (Å²) in [5.74, 6) is -0.210. The molecule has 0 aromatic heterocycles. The molecule has 0 radical (unpaired) electrons. The van der Waals surface area contributed by atoms with Crippen molar-refractivity contribution in [1.82, 2.24) is 5.43 Å². The van der Waals surface area contributed by atoms with Crippen LogP contribution in [0.2, 0.25) is 0 Å². The Labute approximate surface area is 203 Å². The number of hydrogen-bond donors (Lipinski definition) is 1. The Bertz CT molecular complexity index is 1350. The highest BCUT2D eigenvalue weighted by atomic mass is 32.2. The number of nitrogens with one attached hydrogen (secondary N) is 1. The minimum absolute atomic E-state index is 0.173. The predicted octanol–water partition coefficient (Wildman–Crippen LogP) is 3.57. The highest BCUT2D eigenvalue weighted by molar-refractivity contribution is 7.92. The van der Waals surface area contributed by atoms with Crippen molar-refractivity contribution in [3.8, 4) is 5.75 Å². The second kappa shape index (κ2) is 10.8. The van der Waals surface area contributed by atoms with Crippen molar-refractivity contribution < 1.29 is 22.9 Å². The molecular weight excluding hydrogens is 472 g/mol. The summed E-state index contributed by atoms with van der Waals surface area (Å²) in [5.41, 5.74) is 4.29. The van der Waals surface area contributed by atoms with Crippen LogP contribution in [-0.2, 0) is 14.8 Å². The van der Waals surface area contributed by atoms with Crippen molar-refractivity contribution in [2.75, 3.05) is 18.0 Å². The molecule has 3 aromatic rings. The first-order valence-electron chi connectivity index (χ1n) is 10.4. The van der Waals surface area contributed by atoms with Crippen LogP contribution >= 0.6 is 0 Å². The van der Waals surface area contributed by atoms with E-state index in [9.17, 15) is 23.3 Å². The van der Waals surface area contributed by atoms with Crippen molar-refractivity contribution in [3.05, 3.63) is 93.5 Å². The van der Waals surface area contributed by atoms with Gasteiger partial charge in [-0.15, -0.1) is 0 Å². The van der Waals surface area contributed by atoms with Crippen molar-refractivity contribution in [1.29, 1.82) is 0 Å². The van der Waals surface area contributed by atoms with E-state index in [0.29, 0.717) is 11.3 Å². The number of methoxy groups -OCH3 is 1. The van der Waals surface area contributed by atoms with Gasteiger partial charge in [-0.2, -0.15) is 5.10 Å². The molecule has 0 bridgehead atoms. The molecule has 35 heavy (non-hydrogen) atoms. The van der Waals surface area contributed by atoms with Gasteiger partial charge in [0.25, 0.3) is 21.6 Å². The van der Waals surface area contributed by atoms with E-state index in [0.717, 1.165) is 21.5 Å². The maximum Gasteiger partial charge on any atom is 0.273 e. The summed E-state index contributed by atoms with van der Waals surface area (Å²) in [6, 6.07) is 17.1. The molecule has 3 rings (SSSR count). The fourth-order valence-corrected chi connectivity index (χ4v) is 4.58. The SMILES string of the molecule is COc1ccc(N(CC(=O)N/N=C\c2ccc(C)cc2)S(=O)(=O)c2ccc(C)c([N+](=O)[O-])c2)cc1. The van der Waals surface area contributed by atoms with Crippen LogP contribution in [0.25, 0.3) is 0 Å². The van der Waals surface area contributed by atoms with Crippen LogP contribution in [0, 0.1) is 24.0 Å². The summed E-state index contributed by atoms with van der Waals surface area (Å²) in [7, 11) is -2.88. The van der Waals surface area contributed by atoms with E-state index >= 15 is 0 Å². The zero-order chi connectivity index (χ0) is 25.6. The standard InChI is InChI=1S/C24H24N4O6S/c1-17-4-7-19(8-5-17)15-25-26-24(29)16-27(20-9-11-21(34-3)12-10-20)35(32,33)22-13-6-18(2)23(14-22)28(30)31/h4-15H,16H2,1-3H3,(H,26,29)/b25-15-.